The summed E-state index contributed by atoms with van der Waals surface area (Å²) in [5.41, 5.74) is 1.00. The number of benzene rings is 1. The minimum absolute atomic E-state index is 0.152. The van der Waals surface area contributed by atoms with Crippen LogP contribution in [0, 0.1) is 0 Å². The topological polar surface area (TPSA) is 45.2 Å². The van der Waals surface area contributed by atoms with Gasteiger partial charge in [0.05, 0.1) is 44.7 Å². The molecule has 0 saturated carbocycles. The first kappa shape index (κ1) is 12.6. The third-order valence-corrected chi connectivity index (χ3v) is 4.70. The van der Waals surface area contributed by atoms with Crippen LogP contribution in [-0.2, 0) is 9.47 Å². The minimum atomic E-state index is 0.152. The van der Waals surface area contributed by atoms with Crippen LogP contribution in [0.25, 0.3) is 0 Å². The number of hydrogen-bond donors (Lipinski definition) is 1. The second-order valence-corrected chi connectivity index (χ2v) is 5.69. The molecule has 1 N–H and O–H groups in total. The monoisotopic (exact) mass is 276 g/mol. The fraction of sp³-hybridized carbons (Fsp3) is 0.600. The van der Waals surface area contributed by atoms with E-state index in [0.29, 0.717) is 17.8 Å². The minimum Gasteiger partial charge on any atom is -0.508 e. The molecule has 20 heavy (non-hydrogen) atoms. The number of morpholine rings is 2. The average molecular weight is 276 g/mol. The Hall–Kier alpha value is -1.14. The zero-order valence-corrected chi connectivity index (χ0v) is 11.4. The maximum absolute atomic E-state index is 10.2. The first-order valence-corrected chi connectivity index (χ1v) is 7.31. The van der Waals surface area contributed by atoms with Crippen molar-refractivity contribution < 1.29 is 14.6 Å². The number of fused-ring (bicyclic) bond motifs is 3. The molecule has 0 spiro atoms. The molecule has 0 radical (unpaired) electrons. The fourth-order valence-electron chi connectivity index (χ4n) is 3.80. The van der Waals surface area contributed by atoms with E-state index in [2.05, 4.69) is 9.80 Å². The van der Waals surface area contributed by atoms with Gasteiger partial charge in [-0.1, -0.05) is 18.2 Å². The lowest BCUT2D eigenvalue weighted by molar-refractivity contribution is -0.0167. The van der Waals surface area contributed by atoms with E-state index < -0.39 is 0 Å². The molecule has 3 aliphatic rings. The predicted molar refractivity (Wildman–Crippen MR) is 73.5 cm³/mol. The molecule has 0 unspecified atom stereocenters. The van der Waals surface area contributed by atoms with Crippen LogP contribution in [0.5, 0.6) is 5.75 Å². The molecule has 108 valence electrons. The van der Waals surface area contributed by atoms with E-state index in [1.807, 2.05) is 18.2 Å². The first-order chi connectivity index (χ1) is 9.86. The summed E-state index contributed by atoms with van der Waals surface area (Å²) in [5.74, 6) is 0.384. The Morgan fingerprint density at radius 2 is 1.55 bits per heavy atom. The van der Waals surface area contributed by atoms with Gasteiger partial charge in [0.1, 0.15) is 5.75 Å². The van der Waals surface area contributed by atoms with Gasteiger partial charge in [0.2, 0.25) is 0 Å². The molecule has 3 saturated heterocycles. The van der Waals surface area contributed by atoms with Crippen molar-refractivity contribution in [3.05, 3.63) is 29.8 Å². The molecule has 3 aliphatic heterocycles. The number of phenols is 1. The van der Waals surface area contributed by atoms with Gasteiger partial charge in [-0.15, -0.1) is 0 Å². The molecule has 0 aromatic heterocycles. The van der Waals surface area contributed by atoms with Crippen LogP contribution in [0.2, 0.25) is 0 Å². The second-order valence-electron chi connectivity index (χ2n) is 5.69. The normalized spacial score (nSPS) is 32.0. The van der Waals surface area contributed by atoms with Gasteiger partial charge in [-0.25, -0.2) is 0 Å². The van der Waals surface area contributed by atoms with Crippen molar-refractivity contribution in [1.82, 2.24) is 9.80 Å². The number of ether oxygens (including phenoxy) is 2. The third-order valence-electron chi connectivity index (χ3n) is 4.70. The summed E-state index contributed by atoms with van der Waals surface area (Å²) in [4.78, 5) is 4.94. The van der Waals surface area contributed by atoms with Crippen molar-refractivity contribution in [1.29, 1.82) is 0 Å². The van der Waals surface area contributed by atoms with Gasteiger partial charge < -0.3 is 14.6 Å². The molecule has 5 nitrogen and oxygen atoms in total. The van der Waals surface area contributed by atoms with Crippen LogP contribution in [0.3, 0.4) is 0 Å². The quantitative estimate of drug-likeness (QED) is 0.822. The molecule has 0 amide bonds. The molecule has 1 aromatic carbocycles. The van der Waals surface area contributed by atoms with E-state index in [4.69, 9.17) is 9.47 Å². The number of rotatable bonds is 1. The molecular formula is C15H20N2O3. The van der Waals surface area contributed by atoms with Gasteiger partial charge in [-0.3, -0.25) is 9.80 Å². The van der Waals surface area contributed by atoms with Gasteiger partial charge in [0.25, 0.3) is 0 Å². The molecule has 3 heterocycles. The van der Waals surface area contributed by atoms with Crippen LogP contribution < -0.4 is 0 Å². The molecule has 4 rings (SSSR count). The van der Waals surface area contributed by atoms with E-state index in [0.717, 1.165) is 45.1 Å². The van der Waals surface area contributed by atoms with Crippen molar-refractivity contribution in [3.8, 4) is 5.75 Å². The zero-order chi connectivity index (χ0) is 13.5. The summed E-state index contributed by atoms with van der Waals surface area (Å²) in [7, 11) is 0. The Kier molecular flexibility index (Phi) is 3.15. The lowest BCUT2D eigenvalue weighted by atomic mass is 10.1. The average Bonchev–Trinajstić information content (AvgIpc) is 2.83. The maximum atomic E-state index is 10.2. The van der Waals surface area contributed by atoms with Gasteiger partial charge >= 0.3 is 0 Å². The van der Waals surface area contributed by atoms with Crippen molar-refractivity contribution in [3.63, 3.8) is 0 Å². The summed E-state index contributed by atoms with van der Waals surface area (Å²) < 4.78 is 11.3. The van der Waals surface area contributed by atoms with Gasteiger partial charge in [-0.2, -0.15) is 0 Å². The third kappa shape index (κ3) is 1.85. The van der Waals surface area contributed by atoms with E-state index >= 15 is 0 Å². The van der Waals surface area contributed by atoms with Gasteiger partial charge in [0, 0.05) is 18.7 Å². The zero-order valence-electron chi connectivity index (χ0n) is 11.4. The van der Waals surface area contributed by atoms with Crippen LogP contribution in [0.1, 0.15) is 11.7 Å². The maximum Gasteiger partial charge on any atom is 0.121 e. The summed E-state index contributed by atoms with van der Waals surface area (Å²) in [6.07, 6.45) is 0.152. The summed E-state index contributed by atoms with van der Waals surface area (Å²) in [6.45, 7) is 4.88. The van der Waals surface area contributed by atoms with Crippen LogP contribution in [0.4, 0.5) is 0 Å². The highest BCUT2D eigenvalue weighted by molar-refractivity contribution is 5.35. The molecular weight excluding hydrogens is 256 g/mol. The summed E-state index contributed by atoms with van der Waals surface area (Å²) >= 11 is 0. The highest BCUT2D eigenvalue weighted by Gasteiger charge is 2.50. The Labute approximate surface area is 118 Å². The smallest absolute Gasteiger partial charge is 0.121 e. The van der Waals surface area contributed by atoms with Gasteiger partial charge in [0.15, 0.2) is 0 Å². The summed E-state index contributed by atoms with van der Waals surface area (Å²) in [5, 5.41) is 10.2. The van der Waals surface area contributed by atoms with E-state index in [-0.39, 0.29) is 6.17 Å². The van der Waals surface area contributed by atoms with E-state index in [1.165, 1.54) is 0 Å². The SMILES string of the molecule is Oc1ccccc1C1N2CCOC[C@@H]2[C@H]2COCCN12. The van der Waals surface area contributed by atoms with Gasteiger partial charge in [-0.05, 0) is 6.07 Å². The highest BCUT2D eigenvalue weighted by atomic mass is 16.5. The Morgan fingerprint density at radius 1 is 0.950 bits per heavy atom. The lowest BCUT2D eigenvalue weighted by Crippen LogP contribution is -2.49. The van der Waals surface area contributed by atoms with Crippen molar-refractivity contribution >= 4 is 0 Å². The van der Waals surface area contributed by atoms with E-state index in [9.17, 15) is 5.11 Å². The van der Waals surface area contributed by atoms with Crippen molar-refractivity contribution in [2.24, 2.45) is 0 Å². The Bertz CT molecular complexity index is 474. The second kappa shape index (κ2) is 5.00. The molecule has 0 aliphatic carbocycles. The summed E-state index contributed by atoms with van der Waals surface area (Å²) in [6, 6.07) is 8.42. The van der Waals surface area contributed by atoms with Crippen LogP contribution >= 0.6 is 0 Å². The lowest BCUT2D eigenvalue weighted by Gasteiger charge is -2.35. The largest absolute Gasteiger partial charge is 0.508 e. The Morgan fingerprint density at radius 3 is 2.15 bits per heavy atom. The van der Waals surface area contributed by atoms with Crippen LogP contribution in [0.15, 0.2) is 24.3 Å². The number of hydrogen-bond acceptors (Lipinski definition) is 5. The molecule has 5 heteroatoms. The number of para-hydroxylation sites is 1. The fourth-order valence-corrected chi connectivity index (χ4v) is 3.80. The van der Waals surface area contributed by atoms with Crippen LogP contribution in [-0.4, -0.2) is 66.5 Å². The molecule has 0 bridgehead atoms. The molecule has 2 atom stereocenters. The molecule has 3 fully saturated rings. The first-order valence-electron chi connectivity index (χ1n) is 7.31. The number of nitrogens with zero attached hydrogens (tertiary/aromatic N) is 2. The van der Waals surface area contributed by atoms with Crippen molar-refractivity contribution in [2.45, 2.75) is 18.2 Å². The van der Waals surface area contributed by atoms with Crippen molar-refractivity contribution in [2.75, 3.05) is 39.5 Å². The predicted octanol–water partition coefficient (Wildman–Crippen LogP) is 0.806. The van der Waals surface area contributed by atoms with E-state index in [1.54, 1.807) is 6.07 Å². The Balaban J connectivity index is 1.74. The standard InChI is InChI=1S/C15H20N2O3/c18-14-4-2-1-3-11(14)15-16-5-7-19-9-12(16)13-10-20-8-6-17(13)15/h1-4,12-13,15,18H,5-10H2/t12-,13-/m1/s1. The molecule has 1 aromatic rings. The highest BCUT2D eigenvalue weighted by Crippen LogP contribution is 2.42. The number of aromatic hydroxyl groups is 1. The number of phenolic OH excluding ortho intramolecular Hbond substituents is 1.